The molecule has 0 saturated carbocycles. The Morgan fingerprint density at radius 1 is 1.12 bits per heavy atom. The quantitative estimate of drug-likeness (QED) is 0.415. The van der Waals surface area contributed by atoms with E-state index in [1.807, 2.05) is 0 Å². The van der Waals surface area contributed by atoms with E-state index in [-0.39, 0.29) is 5.91 Å². The van der Waals surface area contributed by atoms with Crippen LogP contribution < -0.4 is 10.6 Å². The number of carbonyl (C=O) groups is 4. The summed E-state index contributed by atoms with van der Waals surface area (Å²) < 4.78 is 1.43. The van der Waals surface area contributed by atoms with E-state index in [0.717, 1.165) is 4.90 Å². The van der Waals surface area contributed by atoms with Gasteiger partial charge in [-0.25, -0.2) is 9.48 Å². The lowest BCUT2D eigenvalue weighted by molar-refractivity contribution is -0.130. The van der Waals surface area contributed by atoms with Crippen molar-refractivity contribution in [2.45, 2.75) is 25.8 Å². The van der Waals surface area contributed by atoms with E-state index in [0.29, 0.717) is 28.9 Å². The number of hydrogen-bond donors (Lipinski definition) is 2. The van der Waals surface area contributed by atoms with Crippen molar-refractivity contribution in [3.63, 3.8) is 0 Å². The molecule has 1 aliphatic rings. The second-order valence-electron chi connectivity index (χ2n) is 7.65. The molecule has 11 nitrogen and oxygen atoms in total. The number of carbonyl (C=O) groups excluding carboxylic acids is 4. The van der Waals surface area contributed by atoms with E-state index < -0.39 is 29.8 Å². The van der Waals surface area contributed by atoms with Gasteiger partial charge in [0.1, 0.15) is 11.9 Å². The van der Waals surface area contributed by atoms with Crippen molar-refractivity contribution in [1.29, 1.82) is 0 Å². The highest BCUT2D eigenvalue weighted by atomic mass is 16.2. The van der Waals surface area contributed by atoms with Gasteiger partial charge in [0, 0.05) is 17.7 Å². The number of urea groups is 1. The summed E-state index contributed by atoms with van der Waals surface area (Å²) in [5.41, 5.74) is 0.670. The molecule has 0 radical (unpaired) electrons. The maximum Gasteiger partial charge on any atom is 0.325 e. The minimum Gasteiger partial charge on any atom is -0.326 e. The second-order valence-corrected chi connectivity index (χ2v) is 7.65. The Hall–Kier alpha value is -4.41. The van der Waals surface area contributed by atoms with E-state index in [4.69, 9.17) is 0 Å². The van der Waals surface area contributed by atoms with Crippen LogP contribution >= 0.6 is 0 Å². The normalized spacial score (nSPS) is 17.7. The molecule has 1 atom stereocenters. The van der Waals surface area contributed by atoms with Gasteiger partial charge in [0.05, 0.1) is 12.2 Å². The number of anilines is 1. The number of nitrogens with zero attached hydrogens (tertiary/aromatic N) is 5. The zero-order chi connectivity index (χ0) is 23.6. The van der Waals surface area contributed by atoms with Gasteiger partial charge >= 0.3 is 6.03 Å². The van der Waals surface area contributed by atoms with E-state index in [1.165, 1.54) is 11.0 Å². The number of benzene rings is 2. The first kappa shape index (κ1) is 21.8. The van der Waals surface area contributed by atoms with E-state index in [1.54, 1.807) is 62.4 Å². The topological polar surface area (TPSA) is 139 Å². The van der Waals surface area contributed by atoms with Crippen LogP contribution in [0.4, 0.5) is 10.5 Å². The number of rotatable bonds is 7. The van der Waals surface area contributed by atoms with Crippen molar-refractivity contribution in [3.8, 4) is 5.69 Å². The molecule has 4 amide bonds. The summed E-state index contributed by atoms with van der Waals surface area (Å²) in [6.45, 7) is 2.91. The van der Waals surface area contributed by atoms with Crippen molar-refractivity contribution < 1.29 is 19.2 Å². The van der Waals surface area contributed by atoms with Crippen LogP contribution in [0, 0.1) is 0 Å². The third kappa shape index (κ3) is 4.20. The molecule has 2 N–H and O–H groups in total. The Labute approximate surface area is 188 Å². The zero-order valence-corrected chi connectivity index (χ0v) is 18.0. The first-order valence-electron chi connectivity index (χ1n) is 10.2. The van der Waals surface area contributed by atoms with Crippen LogP contribution in [0.5, 0.6) is 0 Å². The zero-order valence-electron chi connectivity index (χ0n) is 18.0. The van der Waals surface area contributed by atoms with Gasteiger partial charge in [0.15, 0.2) is 5.78 Å². The van der Waals surface area contributed by atoms with Gasteiger partial charge in [-0.1, -0.05) is 19.1 Å². The SMILES string of the molecule is CCC(=O)Nc1ccc(C(=O)CN2C(=O)N[C@](C)(c3cccc(-n4cnnn4)c3)C2=O)cc1. The second kappa shape index (κ2) is 8.61. The summed E-state index contributed by atoms with van der Waals surface area (Å²) in [5, 5.41) is 16.4. The van der Waals surface area contributed by atoms with Crippen LogP contribution in [-0.2, 0) is 15.1 Å². The third-order valence-corrected chi connectivity index (χ3v) is 5.43. The van der Waals surface area contributed by atoms with E-state index in [2.05, 4.69) is 26.2 Å². The lowest BCUT2D eigenvalue weighted by Crippen LogP contribution is -2.41. The number of tetrazole rings is 1. The Bertz CT molecular complexity index is 1220. The number of imide groups is 1. The summed E-state index contributed by atoms with van der Waals surface area (Å²) in [6.07, 6.45) is 1.75. The Morgan fingerprint density at radius 2 is 1.88 bits per heavy atom. The molecule has 4 rings (SSSR count). The molecule has 1 saturated heterocycles. The molecule has 0 aliphatic carbocycles. The highest BCUT2D eigenvalue weighted by Gasteiger charge is 2.49. The van der Waals surface area contributed by atoms with Crippen LogP contribution in [0.15, 0.2) is 54.9 Å². The maximum atomic E-state index is 13.2. The number of amides is 4. The van der Waals surface area contributed by atoms with Crippen molar-refractivity contribution in [1.82, 2.24) is 30.4 Å². The molecular formula is C22H21N7O4. The first-order chi connectivity index (χ1) is 15.8. The van der Waals surface area contributed by atoms with Gasteiger partial charge in [-0.05, 0) is 59.3 Å². The molecule has 3 aromatic rings. The van der Waals surface area contributed by atoms with Crippen LogP contribution in [0.3, 0.4) is 0 Å². The highest BCUT2D eigenvalue weighted by Crippen LogP contribution is 2.30. The average Bonchev–Trinajstić information content (AvgIpc) is 3.43. The van der Waals surface area contributed by atoms with Crippen molar-refractivity contribution in [2.75, 3.05) is 11.9 Å². The van der Waals surface area contributed by atoms with Crippen molar-refractivity contribution in [3.05, 3.63) is 66.0 Å². The fourth-order valence-corrected chi connectivity index (χ4v) is 3.50. The summed E-state index contributed by atoms with van der Waals surface area (Å²) in [5.74, 6) is -1.09. The summed E-state index contributed by atoms with van der Waals surface area (Å²) >= 11 is 0. The van der Waals surface area contributed by atoms with Crippen LogP contribution in [0.1, 0.15) is 36.2 Å². The number of nitrogens with one attached hydrogen (secondary N) is 2. The molecule has 0 spiro atoms. The fraction of sp³-hybridized carbons (Fsp3) is 0.227. The monoisotopic (exact) mass is 447 g/mol. The van der Waals surface area contributed by atoms with Gasteiger partial charge in [0.25, 0.3) is 5.91 Å². The van der Waals surface area contributed by atoms with Crippen LogP contribution in [-0.4, -0.2) is 55.3 Å². The number of hydrogen-bond acceptors (Lipinski definition) is 7. The predicted octanol–water partition coefficient (Wildman–Crippen LogP) is 1.66. The van der Waals surface area contributed by atoms with E-state index in [9.17, 15) is 19.2 Å². The standard InChI is InChI=1S/C22H21N7O4/c1-3-19(31)24-16-9-7-14(8-10-16)18(30)12-28-20(32)22(2,25-21(28)33)15-5-4-6-17(11-15)29-13-23-26-27-29/h4-11,13H,3,12H2,1-2H3,(H,24,31)(H,25,33)/t22-/m1/s1. The van der Waals surface area contributed by atoms with Gasteiger partial charge in [0.2, 0.25) is 5.91 Å². The first-order valence-corrected chi connectivity index (χ1v) is 10.2. The van der Waals surface area contributed by atoms with Crippen LogP contribution in [0.2, 0.25) is 0 Å². The molecule has 168 valence electrons. The summed E-state index contributed by atoms with van der Waals surface area (Å²) in [6, 6.07) is 12.5. The molecule has 1 aliphatic heterocycles. The summed E-state index contributed by atoms with van der Waals surface area (Å²) in [4.78, 5) is 51.0. The maximum absolute atomic E-state index is 13.2. The third-order valence-electron chi connectivity index (χ3n) is 5.43. The number of Topliss-reactive ketones (excluding diaryl/α,β-unsaturated/α-hetero) is 1. The van der Waals surface area contributed by atoms with Crippen molar-refractivity contribution in [2.24, 2.45) is 0 Å². The number of ketones is 1. The molecular weight excluding hydrogens is 426 g/mol. The fourth-order valence-electron chi connectivity index (χ4n) is 3.50. The highest BCUT2D eigenvalue weighted by molar-refractivity contribution is 6.11. The smallest absolute Gasteiger partial charge is 0.325 e. The predicted molar refractivity (Wildman–Crippen MR) is 116 cm³/mol. The Balaban J connectivity index is 1.51. The lowest BCUT2D eigenvalue weighted by atomic mass is 9.91. The molecule has 0 bridgehead atoms. The molecule has 1 fully saturated rings. The average molecular weight is 447 g/mol. The molecule has 0 unspecified atom stereocenters. The van der Waals surface area contributed by atoms with Gasteiger partial charge in [-0.2, -0.15) is 0 Å². The minimum absolute atomic E-state index is 0.142. The molecule has 11 heteroatoms. The summed E-state index contributed by atoms with van der Waals surface area (Å²) in [7, 11) is 0. The Kier molecular flexibility index (Phi) is 5.69. The van der Waals surface area contributed by atoms with E-state index >= 15 is 0 Å². The Morgan fingerprint density at radius 3 is 2.55 bits per heavy atom. The van der Waals surface area contributed by atoms with Gasteiger partial charge in [-0.15, -0.1) is 5.10 Å². The molecule has 1 aromatic heterocycles. The minimum atomic E-state index is -1.35. The number of aromatic nitrogens is 4. The van der Waals surface area contributed by atoms with Gasteiger partial charge in [-0.3, -0.25) is 19.3 Å². The lowest BCUT2D eigenvalue weighted by Gasteiger charge is -2.22. The van der Waals surface area contributed by atoms with Gasteiger partial charge < -0.3 is 10.6 Å². The van der Waals surface area contributed by atoms with Crippen molar-refractivity contribution >= 4 is 29.3 Å². The molecule has 2 aromatic carbocycles. The van der Waals surface area contributed by atoms with Crippen LogP contribution in [0.25, 0.3) is 5.69 Å². The molecule has 33 heavy (non-hydrogen) atoms. The molecule has 2 heterocycles. The largest absolute Gasteiger partial charge is 0.326 e.